The Morgan fingerprint density at radius 2 is 1.73 bits per heavy atom. The van der Waals surface area contributed by atoms with Gasteiger partial charge in [-0.2, -0.15) is 0 Å². The van der Waals surface area contributed by atoms with Gasteiger partial charge in [0.05, 0.1) is 12.5 Å². The summed E-state index contributed by atoms with van der Waals surface area (Å²) in [5.74, 6) is -0.0655. The average Bonchev–Trinajstić information content (AvgIpc) is 2.92. The monoisotopic (exact) mass is 503 g/mol. The molecule has 0 radical (unpaired) electrons. The molecule has 0 bridgehead atoms. The molecule has 0 aliphatic carbocycles. The Kier molecular flexibility index (Phi) is 7.77. The van der Waals surface area contributed by atoms with Gasteiger partial charge in [0, 0.05) is 16.3 Å². The van der Waals surface area contributed by atoms with E-state index >= 15 is 0 Å². The lowest BCUT2D eigenvalue weighted by Crippen LogP contribution is -2.47. The molecule has 0 spiro atoms. The zero-order valence-corrected chi connectivity index (χ0v) is 21.2. The Labute approximate surface area is 214 Å². The molecule has 1 aromatic heterocycles. The van der Waals surface area contributed by atoms with Crippen LogP contribution in [-0.4, -0.2) is 25.2 Å². The van der Waals surface area contributed by atoms with E-state index in [9.17, 15) is 14.4 Å². The average molecular weight is 504 g/mol. The molecule has 2 atom stereocenters. The smallest absolute Gasteiger partial charge is 0.408 e. The highest BCUT2D eigenvalue weighted by atomic mass is 16.6. The van der Waals surface area contributed by atoms with E-state index in [1.165, 1.54) is 7.11 Å². The number of amides is 1. The third-order valence-electron chi connectivity index (χ3n) is 6.45. The van der Waals surface area contributed by atoms with Gasteiger partial charge in [0.2, 0.25) is 0 Å². The molecular weight excluding hydrogens is 474 g/mol. The third kappa shape index (κ3) is 5.58. The Morgan fingerprint density at radius 3 is 2.43 bits per heavy atom. The number of methoxy groups -OCH3 is 1. The molecule has 8 heteroatoms. The molecule has 3 aromatic carbocycles. The Morgan fingerprint density at radius 1 is 1.00 bits per heavy atom. The van der Waals surface area contributed by atoms with Crippen LogP contribution in [0.25, 0.3) is 21.7 Å². The largest absolute Gasteiger partial charge is 0.497 e. The van der Waals surface area contributed by atoms with Crippen molar-refractivity contribution in [2.75, 3.05) is 7.11 Å². The summed E-state index contributed by atoms with van der Waals surface area (Å²) in [5.41, 5.74) is 1.13. The molecule has 0 aliphatic heterocycles. The Hall–Kier alpha value is -4.33. The SMILES string of the molecule is CC[C@@H](C)[C@H](NC(=O)OCc1ccccc1)C(=O)Oc1ccc2c(oc(=O)c3cc(OC)ccc32)c1C. The van der Waals surface area contributed by atoms with Crippen molar-refractivity contribution in [3.63, 3.8) is 0 Å². The molecular formula is C29H29NO7. The fourth-order valence-corrected chi connectivity index (χ4v) is 4.06. The van der Waals surface area contributed by atoms with Crippen molar-refractivity contribution in [3.8, 4) is 11.5 Å². The van der Waals surface area contributed by atoms with Gasteiger partial charge in [-0.1, -0.05) is 50.6 Å². The lowest BCUT2D eigenvalue weighted by Gasteiger charge is -2.23. The molecule has 1 heterocycles. The molecule has 0 unspecified atom stereocenters. The fraction of sp³-hybridized carbons (Fsp3) is 0.276. The molecule has 4 aromatic rings. The summed E-state index contributed by atoms with van der Waals surface area (Å²) < 4.78 is 21.8. The summed E-state index contributed by atoms with van der Waals surface area (Å²) in [6, 6.07) is 16.9. The van der Waals surface area contributed by atoms with Gasteiger partial charge in [-0.15, -0.1) is 0 Å². The van der Waals surface area contributed by atoms with Crippen molar-refractivity contribution in [1.29, 1.82) is 0 Å². The van der Waals surface area contributed by atoms with Crippen LogP contribution in [0.5, 0.6) is 11.5 Å². The van der Waals surface area contributed by atoms with Crippen LogP contribution in [0.2, 0.25) is 0 Å². The van der Waals surface area contributed by atoms with E-state index in [1.807, 2.05) is 44.2 Å². The highest BCUT2D eigenvalue weighted by Crippen LogP contribution is 2.32. The highest BCUT2D eigenvalue weighted by molar-refractivity contribution is 6.06. The van der Waals surface area contributed by atoms with Crippen LogP contribution in [0.15, 0.2) is 69.9 Å². The first-order valence-corrected chi connectivity index (χ1v) is 12.1. The van der Waals surface area contributed by atoms with E-state index in [-0.39, 0.29) is 18.3 Å². The molecule has 192 valence electrons. The van der Waals surface area contributed by atoms with Crippen LogP contribution in [-0.2, 0) is 16.1 Å². The van der Waals surface area contributed by atoms with Crippen molar-refractivity contribution in [2.45, 2.75) is 39.8 Å². The number of nitrogens with one attached hydrogen (secondary N) is 1. The number of carbonyl (C=O) groups excluding carboxylic acids is 2. The third-order valence-corrected chi connectivity index (χ3v) is 6.45. The number of hydrogen-bond acceptors (Lipinski definition) is 7. The van der Waals surface area contributed by atoms with Gasteiger partial charge in [0.15, 0.2) is 0 Å². The minimum atomic E-state index is -0.931. The van der Waals surface area contributed by atoms with Gasteiger partial charge in [0.25, 0.3) is 0 Å². The predicted octanol–water partition coefficient (Wildman–Crippen LogP) is 5.51. The zero-order valence-electron chi connectivity index (χ0n) is 21.2. The topological polar surface area (TPSA) is 104 Å². The van der Waals surface area contributed by atoms with Crippen LogP contribution in [0, 0.1) is 12.8 Å². The quantitative estimate of drug-likeness (QED) is 0.146. The number of carbonyl (C=O) groups is 2. The van der Waals surface area contributed by atoms with Crippen LogP contribution < -0.4 is 20.4 Å². The van der Waals surface area contributed by atoms with Gasteiger partial charge in [-0.05, 0) is 48.7 Å². The molecule has 0 saturated heterocycles. The first kappa shape index (κ1) is 25.8. The van der Waals surface area contributed by atoms with Crippen molar-refractivity contribution in [2.24, 2.45) is 5.92 Å². The van der Waals surface area contributed by atoms with Crippen LogP contribution in [0.4, 0.5) is 4.79 Å². The maximum Gasteiger partial charge on any atom is 0.408 e. The normalized spacial score (nSPS) is 12.6. The van der Waals surface area contributed by atoms with Crippen molar-refractivity contribution in [3.05, 3.63) is 82.2 Å². The molecule has 0 aliphatic rings. The van der Waals surface area contributed by atoms with Crippen LogP contribution in [0.3, 0.4) is 0 Å². The van der Waals surface area contributed by atoms with Crippen LogP contribution >= 0.6 is 0 Å². The Bertz CT molecular complexity index is 1490. The van der Waals surface area contributed by atoms with Gasteiger partial charge in [-0.3, -0.25) is 0 Å². The van der Waals surface area contributed by atoms with Gasteiger partial charge in [0.1, 0.15) is 29.7 Å². The molecule has 0 fully saturated rings. The number of aryl methyl sites for hydroxylation is 1. The van der Waals surface area contributed by atoms with Gasteiger partial charge >= 0.3 is 17.7 Å². The second-order valence-electron chi connectivity index (χ2n) is 8.86. The Balaban J connectivity index is 1.56. The number of esters is 1. The lowest BCUT2D eigenvalue weighted by molar-refractivity contribution is -0.138. The second-order valence-corrected chi connectivity index (χ2v) is 8.86. The standard InChI is InChI=1S/C29H29NO7/c1-5-17(2)25(30-29(33)35-16-19-9-7-6-8-10-19)28(32)36-24-14-13-22-21-12-11-20(34-4)15-23(21)27(31)37-26(22)18(24)3/h6-15,17,25H,5,16H2,1-4H3,(H,30,33)/t17-,25+/m1/s1. The first-order chi connectivity index (χ1) is 17.8. The number of rotatable bonds is 8. The summed E-state index contributed by atoms with van der Waals surface area (Å²) in [7, 11) is 1.53. The van der Waals surface area contributed by atoms with E-state index in [0.29, 0.717) is 39.5 Å². The number of benzene rings is 3. The molecule has 1 N–H and O–H groups in total. The molecule has 37 heavy (non-hydrogen) atoms. The molecule has 8 nitrogen and oxygen atoms in total. The highest BCUT2D eigenvalue weighted by Gasteiger charge is 2.29. The van der Waals surface area contributed by atoms with E-state index in [1.54, 1.807) is 37.3 Å². The van der Waals surface area contributed by atoms with Gasteiger partial charge in [-0.25, -0.2) is 14.4 Å². The number of hydrogen-bond donors (Lipinski definition) is 1. The van der Waals surface area contributed by atoms with Crippen molar-refractivity contribution < 1.29 is 28.2 Å². The zero-order chi connectivity index (χ0) is 26.5. The van der Waals surface area contributed by atoms with Crippen LogP contribution in [0.1, 0.15) is 31.4 Å². The summed E-state index contributed by atoms with van der Waals surface area (Å²) in [6.07, 6.45) is -0.0889. The van der Waals surface area contributed by atoms with Gasteiger partial charge < -0.3 is 23.9 Å². The fourth-order valence-electron chi connectivity index (χ4n) is 4.06. The number of ether oxygens (including phenoxy) is 3. The minimum absolute atomic E-state index is 0.0809. The number of fused-ring (bicyclic) bond motifs is 3. The predicted molar refractivity (Wildman–Crippen MR) is 140 cm³/mol. The molecule has 1 amide bonds. The number of alkyl carbamates (subject to hydrolysis) is 1. The van der Waals surface area contributed by atoms with E-state index in [2.05, 4.69) is 5.32 Å². The summed E-state index contributed by atoms with van der Waals surface area (Å²) in [6.45, 7) is 5.55. The summed E-state index contributed by atoms with van der Waals surface area (Å²) in [5, 5.41) is 4.44. The summed E-state index contributed by atoms with van der Waals surface area (Å²) >= 11 is 0. The second kappa shape index (κ2) is 11.2. The van der Waals surface area contributed by atoms with E-state index in [4.69, 9.17) is 18.6 Å². The van der Waals surface area contributed by atoms with Crippen molar-refractivity contribution >= 4 is 33.8 Å². The maximum atomic E-state index is 13.2. The first-order valence-electron chi connectivity index (χ1n) is 12.1. The minimum Gasteiger partial charge on any atom is -0.497 e. The lowest BCUT2D eigenvalue weighted by atomic mass is 9.99. The van der Waals surface area contributed by atoms with Crippen molar-refractivity contribution in [1.82, 2.24) is 5.32 Å². The van der Waals surface area contributed by atoms with E-state index in [0.717, 1.165) is 5.56 Å². The molecule has 4 rings (SSSR count). The molecule has 0 saturated carbocycles. The maximum absolute atomic E-state index is 13.2. The van der Waals surface area contributed by atoms with E-state index < -0.39 is 23.7 Å². The summed E-state index contributed by atoms with van der Waals surface area (Å²) in [4.78, 5) is 38.3.